The maximum atomic E-state index is 13.1. The average molecular weight is 461 g/mol. The summed E-state index contributed by atoms with van der Waals surface area (Å²) in [6, 6.07) is 12.5. The molecule has 1 aliphatic heterocycles. The number of nitrogens with one attached hydrogen (secondary N) is 1. The van der Waals surface area contributed by atoms with Gasteiger partial charge in [0.25, 0.3) is 5.91 Å². The summed E-state index contributed by atoms with van der Waals surface area (Å²) in [4.78, 5) is 13.1. The smallest absolute Gasteiger partial charge is 0.261 e. The van der Waals surface area contributed by atoms with Gasteiger partial charge in [-0.2, -0.15) is 0 Å². The molecule has 2 aromatic rings. The van der Waals surface area contributed by atoms with Gasteiger partial charge in [0.15, 0.2) is 6.10 Å². The van der Waals surface area contributed by atoms with Crippen LogP contribution in [-0.4, -0.2) is 39.3 Å². The van der Waals surface area contributed by atoms with Crippen molar-refractivity contribution in [1.82, 2.24) is 5.32 Å². The van der Waals surface area contributed by atoms with Gasteiger partial charge in [0, 0.05) is 19.0 Å². The average Bonchev–Trinajstić information content (AvgIpc) is 2.71. The van der Waals surface area contributed by atoms with Crippen LogP contribution >= 0.6 is 0 Å². The Bertz CT molecular complexity index is 1080. The van der Waals surface area contributed by atoms with Crippen LogP contribution in [0.1, 0.15) is 50.8 Å². The minimum Gasteiger partial charge on any atom is -0.487 e. The molecule has 1 amide bonds. The van der Waals surface area contributed by atoms with Crippen LogP contribution in [0, 0.1) is 6.92 Å². The van der Waals surface area contributed by atoms with E-state index in [1.165, 1.54) is 11.4 Å². The Kier molecular flexibility index (Phi) is 6.74. The zero-order valence-corrected chi connectivity index (χ0v) is 20.3. The summed E-state index contributed by atoms with van der Waals surface area (Å²) in [6.45, 7) is 7.93. The van der Waals surface area contributed by atoms with Crippen LogP contribution in [0.3, 0.4) is 0 Å². The lowest BCUT2D eigenvalue weighted by molar-refractivity contribution is -0.129. The third-order valence-corrected chi connectivity index (χ3v) is 6.78. The normalized spacial score (nSPS) is 18.1. The van der Waals surface area contributed by atoms with Gasteiger partial charge in [0.05, 0.1) is 18.0 Å². The predicted octanol–water partition coefficient (Wildman–Crippen LogP) is 3.97. The number of hydrogen-bond donors (Lipinski definition) is 1. The minimum atomic E-state index is -3.35. The molecule has 32 heavy (non-hydrogen) atoms. The summed E-state index contributed by atoms with van der Waals surface area (Å²) >= 11 is 0. The Balaban J connectivity index is 1.74. The molecule has 1 aliphatic rings. The number of carbonyl (C=O) groups excluding carboxylic acids is 1. The molecule has 0 radical (unpaired) electrons. The summed E-state index contributed by atoms with van der Waals surface area (Å²) in [5.74, 6) is 1.10. The van der Waals surface area contributed by atoms with Crippen molar-refractivity contribution in [3.8, 4) is 11.5 Å². The third kappa shape index (κ3) is 5.54. The quantitative estimate of drug-likeness (QED) is 0.676. The van der Waals surface area contributed by atoms with Gasteiger partial charge in [0.2, 0.25) is 10.0 Å². The van der Waals surface area contributed by atoms with Crippen molar-refractivity contribution in [2.24, 2.45) is 0 Å². The van der Waals surface area contributed by atoms with Crippen molar-refractivity contribution in [3.05, 3.63) is 53.6 Å². The van der Waals surface area contributed by atoms with Crippen LogP contribution < -0.4 is 19.1 Å². The van der Waals surface area contributed by atoms with E-state index in [0.29, 0.717) is 24.3 Å². The minimum absolute atomic E-state index is 0.176. The van der Waals surface area contributed by atoms with E-state index < -0.39 is 21.7 Å². The van der Waals surface area contributed by atoms with Gasteiger partial charge in [-0.15, -0.1) is 0 Å². The molecule has 1 heterocycles. The van der Waals surface area contributed by atoms with E-state index in [1.54, 1.807) is 24.3 Å². The summed E-state index contributed by atoms with van der Waals surface area (Å²) in [5.41, 5.74) is 2.20. The number of anilines is 1. The second-order valence-electron chi connectivity index (χ2n) is 8.91. The molecular weight excluding hydrogens is 428 g/mol. The molecule has 0 saturated carbocycles. The first-order chi connectivity index (χ1) is 14.9. The number of ether oxygens (including phenoxy) is 2. The van der Waals surface area contributed by atoms with Gasteiger partial charge in [-0.3, -0.25) is 9.10 Å². The number of hydrogen-bond acceptors (Lipinski definition) is 5. The van der Waals surface area contributed by atoms with E-state index >= 15 is 0 Å². The van der Waals surface area contributed by atoms with Crippen molar-refractivity contribution >= 4 is 21.6 Å². The fourth-order valence-corrected chi connectivity index (χ4v) is 4.28. The number of rotatable bonds is 7. The molecule has 0 spiro atoms. The van der Waals surface area contributed by atoms with E-state index in [9.17, 15) is 13.2 Å². The molecule has 0 fully saturated rings. The highest BCUT2D eigenvalue weighted by molar-refractivity contribution is 7.92. The molecule has 0 unspecified atom stereocenters. The lowest BCUT2D eigenvalue weighted by atomic mass is 9.88. The molecule has 2 atom stereocenters. The molecule has 3 rings (SSSR count). The Morgan fingerprint density at radius 2 is 1.91 bits per heavy atom. The van der Waals surface area contributed by atoms with Crippen LogP contribution in [-0.2, 0) is 14.8 Å². The Morgan fingerprint density at radius 1 is 1.25 bits per heavy atom. The van der Waals surface area contributed by atoms with Gasteiger partial charge in [0.1, 0.15) is 17.1 Å². The SMILES string of the molecule is CC[C@H](Oc1ccc(N(C)S(C)(=O)=O)cc1)C(=O)N[C@H]1CC(C)(C)Oc2ccc(C)cc21. The molecule has 0 aromatic heterocycles. The van der Waals surface area contributed by atoms with Gasteiger partial charge in [-0.25, -0.2) is 8.42 Å². The van der Waals surface area contributed by atoms with E-state index in [-0.39, 0.29) is 11.9 Å². The Labute approximate surface area is 190 Å². The topological polar surface area (TPSA) is 84.9 Å². The third-order valence-electron chi connectivity index (χ3n) is 5.58. The first-order valence-corrected chi connectivity index (χ1v) is 12.5. The molecule has 8 heteroatoms. The highest BCUT2D eigenvalue weighted by Gasteiger charge is 2.35. The zero-order valence-electron chi connectivity index (χ0n) is 19.5. The van der Waals surface area contributed by atoms with Gasteiger partial charge < -0.3 is 14.8 Å². The Morgan fingerprint density at radius 3 is 2.50 bits per heavy atom. The summed E-state index contributed by atoms with van der Waals surface area (Å²) in [7, 11) is -1.86. The monoisotopic (exact) mass is 460 g/mol. The van der Waals surface area contributed by atoms with E-state index in [0.717, 1.165) is 23.1 Å². The van der Waals surface area contributed by atoms with Crippen LogP contribution in [0.25, 0.3) is 0 Å². The number of nitrogens with zero attached hydrogens (tertiary/aromatic N) is 1. The fourth-order valence-electron chi connectivity index (χ4n) is 3.78. The van der Waals surface area contributed by atoms with Gasteiger partial charge >= 0.3 is 0 Å². The van der Waals surface area contributed by atoms with Crippen molar-refractivity contribution in [3.63, 3.8) is 0 Å². The fraction of sp³-hybridized carbons (Fsp3) is 0.458. The number of sulfonamides is 1. The van der Waals surface area contributed by atoms with Crippen LogP contribution in [0.5, 0.6) is 11.5 Å². The van der Waals surface area contributed by atoms with Crippen LogP contribution in [0.15, 0.2) is 42.5 Å². The molecule has 0 bridgehead atoms. The standard InChI is InChI=1S/C24H32N2O5S/c1-7-21(30-18-11-9-17(10-12-18)26(5)32(6,28)29)23(27)25-20-15-24(3,4)31-22-13-8-16(2)14-19(20)22/h8-14,20-21H,7,15H2,1-6H3,(H,25,27)/t20-,21-/m0/s1. The number of fused-ring (bicyclic) bond motifs is 1. The maximum absolute atomic E-state index is 13.1. The first kappa shape index (κ1) is 23.9. The van der Waals surface area contributed by atoms with Gasteiger partial charge in [-0.1, -0.05) is 24.6 Å². The molecule has 1 N–H and O–H groups in total. The second kappa shape index (κ2) is 9.02. The molecular formula is C24H32N2O5S. The number of aryl methyl sites for hydroxylation is 1. The summed E-state index contributed by atoms with van der Waals surface area (Å²) < 4.78 is 36.6. The molecule has 0 saturated heterocycles. The maximum Gasteiger partial charge on any atom is 0.261 e. The largest absolute Gasteiger partial charge is 0.487 e. The zero-order chi connectivity index (χ0) is 23.7. The van der Waals surface area contributed by atoms with E-state index in [4.69, 9.17) is 9.47 Å². The van der Waals surface area contributed by atoms with Gasteiger partial charge in [-0.05, 0) is 57.5 Å². The summed E-state index contributed by atoms with van der Waals surface area (Å²) in [5, 5.41) is 3.15. The molecule has 7 nitrogen and oxygen atoms in total. The molecule has 174 valence electrons. The predicted molar refractivity (Wildman–Crippen MR) is 126 cm³/mol. The first-order valence-electron chi connectivity index (χ1n) is 10.7. The van der Waals surface area contributed by atoms with Crippen LogP contribution in [0.4, 0.5) is 5.69 Å². The van der Waals surface area contributed by atoms with Crippen molar-refractivity contribution < 1.29 is 22.7 Å². The summed E-state index contributed by atoms with van der Waals surface area (Å²) in [6.07, 6.45) is 1.61. The number of amides is 1. The highest BCUT2D eigenvalue weighted by Crippen LogP contribution is 2.40. The van der Waals surface area contributed by atoms with Crippen molar-refractivity contribution in [1.29, 1.82) is 0 Å². The lowest BCUT2D eigenvalue weighted by Gasteiger charge is -2.38. The highest BCUT2D eigenvalue weighted by atomic mass is 32.2. The Hall–Kier alpha value is -2.74. The number of carbonyl (C=O) groups is 1. The van der Waals surface area contributed by atoms with Crippen molar-refractivity contribution in [2.75, 3.05) is 17.6 Å². The molecule has 0 aliphatic carbocycles. The number of benzene rings is 2. The molecule has 2 aromatic carbocycles. The van der Waals surface area contributed by atoms with Crippen molar-refractivity contribution in [2.45, 2.75) is 58.3 Å². The van der Waals surface area contributed by atoms with Crippen LogP contribution in [0.2, 0.25) is 0 Å². The second-order valence-corrected chi connectivity index (χ2v) is 10.9. The van der Waals surface area contributed by atoms with E-state index in [2.05, 4.69) is 5.32 Å². The van der Waals surface area contributed by atoms with E-state index in [1.807, 2.05) is 45.9 Å². The lowest BCUT2D eigenvalue weighted by Crippen LogP contribution is -2.45.